The van der Waals surface area contributed by atoms with Crippen LogP contribution in [0.4, 0.5) is 15.9 Å². The van der Waals surface area contributed by atoms with E-state index < -0.39 is 0 Å². The van der Waals surface area contributed by atoms with Crippen molar-refractivity contribution in [3.8, 4) is 0 Å². The normalized spacial score (nSPS) is 14.8. The van der Waals surface area contributed by atoms with Gasteiger partial charge in [-0.25, -0.2) is 14.4 Å². The van der Waals surface area contributed by atoms with Crippen molar-refractivity contribution < 1.29 is 9.18 Å². The molecule has 3 rings (SSSR count). The molecule has 1 heterocycles. The van der Waals surface area contributed by atoms with Gasteiger partial charge in [0.25, 0.3) is 5.91 Å². The number of hydrogen-bond donors (Lipinski definition) is 2. The molecule has 6 heteroatoms. The number of carbonyl (C=O) groups is 1. The summed E-state index contributed by atoms with van der Waals surface area (Å²) in [5.74, 6) is 0.0134. The van der Waals surface area contributed by atoms with Crippen LogP contribution in [0.5, 0.6) is 0 Å². The minimum atomic E-state index is -0.301. The Kier molecular flexibility index (Phi) is 4.27. The third kappa shape index (κ3) is 3.58. The molecule has 0 atom stereocenters. The van der Waals surface area contributed by atoms with Crippen LogP contribution in [0.25, 0.3) is 0 Å². The first kappa shape index (κ1) is 14.4. The number of amides is 1. The summed E-state index contributed by atoms with van der Waals surface area (Å²) < 4.78 is 12.9. The lowest BCUT2D eigenvalue weighted by atomic mass is 10.2. The molecule has 22 heavy (non-hydrogen) atoms. The van der Waals surface area contributed by atoms with Crippen LogP contribution in [0.2, 0.25) is 0 Å². The number of hydrogen-bond acceptors (Lipinski definition) is 4. The molecule has 1 aromatic carbocycles. The van der Waals surface area contributed by atoms with Gasteiger partial charge in [-0.1, -0.05) is 12.8 Å². The Balaban J connectivity index is 1.68. The maximum absolute atomic E-state index is 12.9. The lowest BCUT2D eigenvalue weighted by Gasteiger charge is -2.12. The number of anilines is 2. The van der Waals surface area contributed by atoms with Crippen molar-refractivity contribution in [3.05, 3.63) is 48.2 Å². The molecule has 5 nitrogen and oxygen atoms in total. The van der Waals surface area contributed by atoms with Gasteiger partial charge in [0.1, 0.15) is 23.7 Å². The number of benzene rings is 1. The Hall–Kier alpha value is -2.50. The Morgan fingerprint density at radius 1 is 1.14 bits per heavy atom. The highest BCUT2D eigenvalue weighted by molar-refractivity contribution is 5.93. The molecular weight excluding hydrogens is 283 g/mol. The molecule has 1 aliphatic carbocycles. The van der Waals surface area contributed by atoms with E-state index >= 15 is 0 Å². The van der Waals surface area contributed by atoms with Gasteiger partial charge in [0.2, 0.25) is 0 Å². The lowest BCUT2D eigenvalue weighted by molar-refractivity contribution is 0.0932. The average molecular weight is 300 g/mol. The van der Waals surface area contributed by atoms with Gasteiger partial charge in [0.15, 0.2) is 0 Å². The SMILES string of the molecule is O=C(NC1CCCC1)c1cc(Nc2ccc(F)cc2)ncn1. The van der Waals surface area contributed by atoms with Crippen LogP contribution in [0.3, 0.4) is 0 Å². The van der Waals surface area contributed by atoms with Crippen molar-refractivity contribution in [3.63, 3.8) is 0 Å². The van der Waals surface area contributed by atoms with Gasteiger partial charge in [-0.15, -0.1) is 0 Å². The Labute approximate surface area is 128 Å². The molecule has 114 valence electrons. The molecule has 1 aliphatic rings. The molecule has 0 saturated heterocycles. The van der Waals surface area contributed by atoms with E-state index in [0.717, 1.165) is 25.7 Å². The predicted molar refractivity (Wildman–Crippen MR) is 81.4 cm³/mol. The van der Waals surface area contributed by atoms with Gasteiger partial charge >= 0.3 is 0 Å². The summed E-state index contributed by atoms with van der Waals surface area (Å²) in [5, 5.41) is 6.01. The molecule has 2 N–H and O–H groups in total. The van der Waals surface area contributed by atoms with Crippen molar-refractivity contribution in [2.75, 3.05) is 5.32 Å². The highest BCUT2D eigenvalue weighted by atomic mass is 19.1. The van der Waals surface area contributed by atoms with Crippen LogP contribution < -0.4 is 10.6 Å². The molecular formula is C16H17FN4O. The number of halogens is 1. The Morgan fingerprint density at radius 3 is 2.59 bits per heavy atom. The fraction of sp³-hybridized carbons (Fsp3) is 0.312. The summed E-state index contributed by atoms with van der Waals surface area (Å²) in [6.07, 6.45) is 5.71. The highest BCUT2D eigenvalue weighted by Crippen LogP contribution is 2.19. The molecule has 0 radical (unpaired) electrons. The van der Waals surface area contributed by atoms with E-state index in [-0.39, 0.29) is 17.8 Å². The summed E-state index contributed by atoms with van der Waals surface area (Å²) in [7, 11) is 0. The van der Waals surface area contributed by atoms with Crippen LogP contribution >= 0.6 is 0 Å². The summed E-state index contributed by atoms with van der Waals surface area (Å²) in [5.41, 5.74) is 1.02. The molecule has 1 aromatic heterocycles. The second-order valence-corrected chi connectivity index (χ2v) is 5.38. The predicted octanol–water partition coefficient (Wildman–Crippen LogP) is 3.03. The highest BCUT2D eigenvalue weighted by Gasteiger charge is 2.18. The fourth-order valence-electron chi connectivity index (χ4n) is 2.56. The van der Waals surface area contributed by atoms with Crippen LogP contribution in [0.1, 0.15) is 36.2 Å². The maximum Gasteiger partial charge on any atom is 0.270 e. The summed E-state index contributed by atoms with van der Waals surface area (Å²) in [4.78, 5) is 20.3. The van der Waals surface area contributed by atoms with Crippen LogP contribution in [0.15, 0.2) is 36.7 Å². The molecule has 1 amide bonds. The topological polar surface area (TPSA) is 66.9 Å². The van der Waals surface area contributed by atoms with E-state index in [9.17, 15) is 9.18 Å². The zero-order valence-corrected chi connectivity index (χ0v) is 12.1. The smallest absolute Gasteiger partial charge is 0.270 e. The van der Waals surface area contributed by atoms with Crippen molar-refractivity contribution >= 4 is 17.4 Å². The van der Waals surface area contributed by atoms with Crippen molar-refractivity contribution in [1.29, 1.82) is 0 Å². The number of rotatable bonds is 4. The summed E-state index contributed by atoms with van der Waals surface area (Å²) in [6, 6.07) is 7.77. The van der Waals surface area contributed by atoms with E-state index in [1.54, 1.807) is 18.2 Å². The molecule has 0 spiro atoms. The second kappa shape index (κ2) is 6.51. The van der Waals surface area contributed by atoms with Gasteiger partial charge in [-0.3, -0.25) is 4.79 Å². The minimum Gasteiger partial charge on any atom is -0.348 e. The lowest BCUT2D eigenvalue weighted by Crippen LogP contribution is -2.33. The van der Waals surface area contributed by atoms with Crippen LogP contribution in [-0.2, 0) is 0 Å². The van der Waals surface area contributed by atoms with E-state index in [1.807, 2.05) is 0 Å². The summed E-state index contributed by atoms with van der Waals surface area (Å²) >= 11 is 0. The van der Waals surface area contributed by atoms with Gasteiger partial charge in [0, 0.05) is 17.8 Å². The standard InChI is InChI=1S/C16H17FN4O/c17-11-5-7-13(8-6-11)20-15-9-14(18-10-19-15)16(22)21-12-3-1-2-4-12/h5-10,12H,1-4H2,(H,21,22)(H,18,19,20). The molecule has 0 unspecified atom stereocenters. The first-order valence-electron chi connectivity index (χ1n) is 7.36. The monoisotopic (exact) mass is 300 g/mol. The first-order chi connectivity index (χ1) is 10.7. The second-order valence-electron chi connectivity index (χ2n) is 5.38. The fourth-order valence-corrected chi connectivity index (χ4v) is 2.56. The molecule has 0 aliphatic heterocycles. The third-order valence-corrected chi connectivity index (χ3v) is 3.71. The quantitative estimate of drug-likeness (QED) is 0.911. The van der Waals surface area contributed by atoms with Crippen LogP contribution in [0, 0.1) is 5.82 Å². The van der Waals surface area contributed by atoms with Crippen molar-refractivity contribution in [2.45, 2.75) is 31.7 Å². The number of nitrogens with zero attached hydrogens (tertiary/aromatic N) is 2. The van der Waals surface area contributed by atoms with Gasteiger partial charge in [-0.2, -0.15) is 0 Å². The van der Waals surface area contributed by atoms with Crippen LogP contribution in [-0.4, -0.2) is 21.9 Å². The average Bonchev–Trinajstić information content (AvgIpc) is 3.03. The Morgan fingerprint density at radius 2 is 1.86 bits per heavy atom. The number of nitrogens with one attached hydrogen (secondary N) is 2. The number of aromatic nitrogens is 2. The maximum atomic E-state index is 12.9. The molecule has 1 fully saturated rings. The van der Waals surface area contributed by atoms with Crippen molar-refractivity contribution in [2.24, 2.45) is 0 Å². The Bertz CT molecular complexity index is 653. The zero-order valence-electron chi connectivity index (χ0n) is 12.1. The van der Waals surface area contributed by atoms with E-state index in [4.69, 9.17) is 0 Å². The minimum absolute atomic E-state index is 0.184. The van der Waals surface area contributed by atoms with Gasteiger partial charge in [0.05, 0.1) is 0 Å². The summed E-state index contributed by atoms with van der Waals surface area (Å²) in [6.45, 7) is 0. The number of carbonyl (C=O) groups excluding carboxylic acids is 1. The molecule has 2 aromatic rings. The van der Waals surface area contributed by atoms with E-state index in [2.05, 4.69) is 20.6 Å². The third-order valence-electron chi connectivity index (χ3n) is 3.71. The van der Waals surface area contributed by atoms with E-state index in [1.165, 1.54) is 18.5 Å². The largest absolute Gasteiger partial charge is 0.348 e. The molecule has 1 saturated carbocycles. The first-order valence-corrected chi connectivity index (χ1v) is 7.36. The molecule has 0 bridgehead atoms. The van der Waals surface area contributed by atoms with Gasteiger partial charge < -0.3 is 10.6 Å². The van der Waals surface area contributed by atoms with E-state index in [0.29, 0.717) is 17.2 Å². The van der Waals surface area contributed by atoms with Crippen molar-refractivity contribution in [1.82, 2.24) is 15.3 Å². The van der Waals surface area contributed by atoms with Gasteiger partial charge in [-0.05, 0) is 37.1 Å². The zero-order chi connectivity index (χ0) is 15.4.